The van der Waals surface area contributed by atoms with Crippen molar-refractivity contribution in [2.75, 3.05) is 49.1 Å². The largest absolute Gasteiger partial charge is 0.368 e. The van der Waals surface area contributed by atoms with Crippen LogP contribution < -0.4 is 9.80 Å². The first-order valence-corrected chi connectivity index (χ1v) is 10.5. The Morgan fingerprint density at radius 2 is 1.61 bits per heavy atom. The van der Waals surface area contributed by atoms with Gasteiger partial charge < -0.3 is 14.7 Å². The third-order valence-corrected chi connectivity index (χ3v) is 6.09. The van der Waals surface area contributed by atoms with Crippen molar-refractivity contribution in [2.24, 2.45) is 5.92 Å². The lowest BCUT2D eigenvalue weighted by Gasteiger charge is -2.37. The average molecular weight is 399 g/mol. The van der Waals surface area contributed by atoms with Crippen LogP contribution in [0.5, 0.6) is 0 Å². The predicted octanol–water partition coefficient (Wildman–Crippen LogP) is 3.93. The fourth-order valence-corrected chi connectivity index (χ4v) is 4.19. The summed E-state index contributed by atoms with van der Waals surface area (Å²) in [6.07, 6.45) is 3.92. The summed E-state index contributed by atoms with van der Waals surface area (Å²) in [5.41, 5.74) is 2.80. The summed E-state index contributed by atoms with van der Waals surface area (Å²) in [5.74, 6) is 0.769. The van der Waals surface area contributed by atoms with Crippen molar-refractivity contribution in [1.29, 1.82) is 0 Å². The van der Waals surface area contributed by atoms with Gasteiger partial charge in [-0.15, -0.1) is 0 Å². The molecule has 5 nitrogen and oxygen atoms in total. The molecular formula is C22H27ClN4O. The number of amides is 1. The number of carbonyl (C=O) groups excluding carboxylic acids is 1. The summed E-state index contributed by atoms with van der Waals surface area (Å²) in [7, 11) is 0. The van der Waals surface area contributed by atoms with Gasteiger partial charge in [0.2, 0.25) is 0 Å². The number of nitrogens with zero attached hydrogens (tertiary/aromatic N) is 4. The first kappa shape index (κ1) is 19.1. The first-order valence-electron chi connectivity index (χ1n) is 10.1. The average Bonchev–Trinajstić information content (AvgIpc) is 2.74. The molecular weight excluding hydrogens is 372 g/mol. The van der Waals surface area contributed by atoms with Crippen LogP contribution >= 0.6 is 11.6 Å². The van der Waals surface area contributed by atoms with Crippen molar-refractivity contribution in [3.05, 3.63) is 53.3 Å². The molecule has 3 heterocycles. The second kappa shape index (κ2) is 8.39. The molecule has 0 bridgehead atoms. The lowest BCUT2D eigenvalue weighted by Crippen LogP contribution is -2.46. The molecule has 2 aliphatic rings. The molecule has 0 unspecified atom stereocenters. The Morgan fingerprint density at radius 1 is 0.964 bits per heavy atom. The maximum atomic E-state index is 12.8. The number of piperazine rings is 1. The van der Waals surface area contributed by atoms with Crippen LogP contribution in [0.25, 0.3) is 0 Å². The lowest BCUT2D eigenvalue weighted by atomic mass is 9.99. The molecule has 2 fully saturated rings. The van der Waals surface area contributed by atoms with Crippen molar-refractivity contribution in [1.82, 2.24) is 9.88 Å². The molecule has 6 heteroatoms. The Balaban J connectivity index is 1.40. The van der Waals surface area contributed by atoms with E-state index >= 15 is 0 Å². The van der Waals surface area contributed by atoms with Gasteiger partial charge in [-0.1, -0.05) is 24.6 Å². The van der Waals surface area contributed by atoms with Gasteiger partial charge in [0.1, 0.15) is 5.69 Å². The van der Waals surface area contributed by atoms with Crippen molar-refractivity contribution in [2.45, 2.75) is 19.8 Å². The quantitative estimate of drug-likeness (QED) is 0.785. The minimum absolute atomic E-state index is 0.0614. The minimum Gasteiger partial charge on any atom is -0.368 e. The number of halogens is 1. The number of hydrogen-bond acceptors (Lipinski definition) is 4. The maximum absolute atomic E-state index is 12.8. The van der Waals surface area contributed by atoms with E-state index in [9.17, 15) is 4.79 Å². The number of aromatic nitrogens is 1. The third-order valence-electron chi connectivity index (χ3n) is 5.85. The Bertz CT molecular complexity index is 827. The first-order chi connectivity index (χ1) is 13.6. The van der Waals surface area contributed by atoms with E-state index in [2.05, 4.69) is 27.8 Å². The molecule has 1 amide bonds. The van der Waals surface area contributed by atoms with Crippen LogP contribution in [-0.4, -0.2) is 55.1 Å². The highest BCUT2D eigenvalue weighted by Crippen LogP contribution is 2.24. The molecule has 28 heavy (non-hydrogen) atoms. The molecule has 0 atom stereocenters. The molecule has 2 aliphatic heterocycles. The van der Waals surface area contributed by atoms with Crippen LogP contribution in [-0.2, 0) is 0 Å². The molecule has 0 spiro atoms. The minimum atomic E-state index is 0.0614. The van der Waals surface area contributed by atoms with Crippen molar-refractivity contribution >= 4 is 28.9 Å². The van der Waals surface area contributed by atoms with E-state index in [4.69, 9.17) is 11.6 Å². The van der Waals surface area contributed by atoms with Crippen LogP contribution in [0, 0.1) is 5.92 Å². The zero-order valence-electron chi connectivity index (χ0n) is 16.4. The Labute approximate surface area is 171 Å². The Kier molecular flexibility index (Phi) is 5.72. The smallest absolute Gasteiger partial charge is 0.272 e. The predicted molar refractivity (Wildman–Crippen MR) is 114 cm³/mol. The van der Waals surface area contributed by atoms with Crippen LogP contribution in [0.2, 0.25) is 5.02 Å². The number of pyridine rings is 1. The van der Waals surface area contributed by atoms with E-state index in [-0.39, 0.29) is 5.91 Å². The number of anilines is 2. The van der Waals surface area contributed by atoms with Crippen molar-refractivity contribution in [3.8, 4) is 0 Å². The second-order valence-corrected chi connectivity index (χ2v) is 8.26. The summed E-state index contributed by atoms with van der Waals surface area (Å²) in [6.45, 7) is 7.60. The molecule has 2 aromatic rings. The highest BCUT2D eigenvalue weighted by Gasteiger charge is 2.24. The van der Waals surface area contributed by atoms with E-state index < -0.39 is 0 Å². The van der Waals surface area contributed by atoms with Crippen molar-refractivity contribution in [3.63, 3.8) is 0 Å². The number of rotatable bonds is 3. The topological polar surface area (TPSA) is 39.7 Å². The second-order valence-electron chi connectivity index (χ2n) is 7.83. The molecule has 1 aromatic carbocycles. The highest BCUT2D eigenvalue weighted by molar-refractivity contribution is 6.30. The van der Waals surface area contributed by atoms with Gasteiger partial charge in [-0.25, -0.2) is 0 Å². The molecule has 0 radical (unpaired) electrons. The van der Waals surface area contributed by atoms with Crippen molar-refractivity contribution < 1.29 is 4.79 Å². The molecule has 0 aliphatic carbocycles. The van der Waals surface area contributed by atoms with Crippen LogP contribution in [0.15, 0.2) is 42.6 Å². The van der Waals surface area contributed by atoms with E-state index in [1.165, 1.54) is 0 Å². The van der Waals surface area contributed by atoms with E-state index in [1.807, 2.05) is 35.2 Å². The number of benzene rings is 1. The number of carbonyl (C=O) groups is 1. The van der Waals surface area contributed by atoms with Crippen LogP contribution in [0.3, 0.4) is 0 Å². The molecule has 148 valence electrons. The van der Waals surface area contributed by atoms with Crippen LogP contribution in [0.1, 0.15) is 30.3 Å². The summed E-state index contributed by atoms with van der Waals surface area (Å²) in [5, 5.41) is 0.768. The van der Waals surface area contributed by atoms with Gasteiger partial charge >= 0.3 is 0 Å². The van der Waals surface area contributed by atoms with Gasteiger partial charge in [-0.3, -0.25) is 9.78 Å². The maximum Gasteiger partial charge on any atom is 0.272 e. The molecule has 2 saturated heterocycles. The monoisotopic (exact) mass is 398 g/mol. The third kappa shape index (κ3) is 4.25. The number of piperidine rings is 1. The van der Waals surface area contributed by atoms with E-state index in [0.717, 1.165) is 68.5 Å². The highest BCUT2D eigenvalue weighted by atomic mass is 35.5. The molecule has 0 saturated carbocycles. The summed E-state index contributed by atoms with van der Waals surface area (Å²) in [4.78, 5) is 23.8. The van der Waals surface area contributed by atoms with E-state index in [1.54, 1.807) is 6.20 Å². The molecule has 1 aromatic heterocycles. The zero-order chi connectivity index (χ0) is 19.5. The van der Waals surface area contributed by atoms with Gasteiger partial charge in [-0.2, -0.15) is 0 Å². The Morgan fingerprint density at radius 3 is 2.25 bits per heavy atom. The Hall–Kier alpha value is -2.27. The summed E-state index contributed by atoms with van der Waals surface area (Å²) < 4.78 is 0. The van der Waals surface area contributed by atoms with Gasteiger partial charge in [0, 0.05) is 61.9 Å². The van der Waals surface area contributed by atoms with Gasteiger partial charge in [-0.05, 0) is 49.1 Å². The fraction of sp³-hybridized carbons (Fsp3) is 0.455. The lowest BCUT2D eigenvalue weighted by molar-refractivity contribution is 0.0691. The SMILES string of the molecule is CC1CCN(C(=O)c2cc(N3CCN(c4cccc(Cl)c4)CC3)ccn2)CC1. The summed E-state index contributed by atoms with van der Waals surface area (Å²) in [6, 6.07) is 12.0. The number of likely N-dealkylation sites (tertiary alicyclic amines) is 1. The zero-order valence-corrected chi connectivity index (χ0v) is 17.1. The van der Waals surface area contributed by atoms with Crippen LogP contribution in [0.4, 0.5) is 11.4 Å². The normalized spacial score (nSPS) is 18.4. The van der Waals surface area contributed by atoms with Gasteiger partial charge in [0.05, 0.1) is 0 Å². The summed E-state index contributed by atoms with van der Waals surface area (Å²) >= 11 is 6.13. The standard InChI is InChI=1S/C22H27ClN4O/c1-17-6-9-27(10-7-17)22(28)21-16-20(5-8-24-21)26-13-11-25(12-14-26)19-4-2-3-18(23)15-19/h2-5,8,15-17H,6-7,9-14H2,1H3. The van der Waals surface area contributed by atoms with Gasteiger partial charge in [0.15, 0.2) is 0 Å². The van der Waals surface area contributed by atoms with Gasteiger partial charge in [0.25, 0.3) is 5.91 Å². The molecule has 4 rings (SSSR count). The number of hydrogen-bond donors (Lipinski definition) is 0. The molecule has 0 N–H and O–H groups in total. The van der Waals surface area contributed by atoms with E-state index in [0.29, 0.717) is 11.6 Å². The fourth-order valence-electron chi connectivity index (χ4n) is 4.00.